The number of aliphatic hydroxyl groups is 1. The number of allylic oxidation sites excluding steroid dienone is 2. The summed E-state index contributed by atoms with van der Waals surface area (Å²) < 4.78 is 5.30. The van der Waals surface area contributed by atoms with Gasteiger partial charge in [0, 0.05) is 13.0 Å². The van der Waals surface area contributed by atoms with Crippen LogP contribution in [0.1, 0.15) is 19.3 Å². The van der Waals surface area contributed by atoms with Gasteiger partial charge in [-0.2, -0.15) is 0 Å². The molecule has 3 unspecified atom stereocenters. The fourth-order valence-electron chi connectivity index (χ4n) is 2.66. The quantitative estimate of drug-likeness (QED) is 0.737. The summed E-state index contributed by atoms with van der Waals surface area (Å²) in [6.45, 7) is 0. The standard InChI is InChI=1S/C12H16O4/c1-16-10-6-2-5-9-8(10)4-3-7-12(9,15)11(13)14/h2,5-6,8,10,15H,3-4,7H2,1H3,(H,13,14). The van der Waals surface area contributed by atoms with E-state index in [2.05, 4.69) is 0 Å². The van der Waals surface area contributed by atoms with Crippen molar-refractivity contribution in [1.29, 1.82) is 0 Å². The summed E-state index contributed by atoms with van der Waals surface area (Å²) in [4.78, 5) is 11.2. The van der Waals surface area contributed by atoms with Crippen molar-refractivity contribution in [2.45, 2.75) is 31.0 Å². The van der Waals surface area contributed by atoms with Gasteiger partial charge in [0.25, 0.3) is 0 Å². The molecule has 4 heteroatoms. The van der Waals surface area contributed by atoms with Crippen LogP contribution in [-0.4, -0.2) is 35.0 Å². The van der Waals surface area contributed by atoms with E-state index in [1.165, 1.54) is 0 Å². The molecule has 0 bridgehead atoms. The number of carboxylic acid groups (broad SMARTS) is 1. The first-order chi connectivity index (χ1) is 7.59. The van der Waals surface area contributed by atoms with Crippen LogP contribution in [-0.2, 0) is 9.53 Å². The number of hydrogen-bond acceptors (Lipinski definition) is 3. The minimum absolute atomic E-state index is 0.00940. The van der Waals surface area contributed by atoms with Crippen molar-refractivity contribution in [1.82, 2.24) is 0 Å². The molecule has 0 heterocycles. The summed E-state index contributed by atoms with van der Waals surface area (Å²) in [5, 5.41) is 19.3. The van der Waals surface area contributed by atoms with E-state index < -0.39 is 11.6 Å². The molecule has 0 saturated heterocycles. The maximum atomic E-state index is 11.2. The first kappa shape index (κ1) is 11.4. The van der Waals surface area contributed by atoms with Crippen LogP contribution in [0.15, 0.2) is 23.8 Å². The Labute approximate surface area is 94.2 Å². The largest absolute Gasteiger partial charge is 0.479 e. The van der Waals surface area contributed by atoms with E-state index in [0.717, 1.165) is 6.42 Å². The Balaban J connectivity index is 2.36. The number of ether oxygens (including phenoxy) is 1. The molecule has 16 heavy (non-hydrogen) atoms. The first-order valence-corrected chi connectivity index (χ1v) is 5.47. The third-order valence-electron chi connectivity index (χ3n) is 3.53. The normalized spacial score (nSPS) is 37.8. The van der Waals surface area contributed by atoms with E-state index in [-0.39, 0.29) is 18.4 Å². The molecule has 2 aliphatic carbocycles. The molecule has 1 saturated carbocycles. The smallest absolute Gasteiger partial charge is 0.340 e. The van der Waals surface area contributed by atoms with Crippen molar-refractivity contribution in [2.75, 3.05) is 7.11 Å². The highest BCUT2D eigenvalue weighted by atomic mass is 16.5. The Hall–Kier alpha value is -1.13. The van der Waals surface area contributed by atoms with Crippen molar-refractivity contribution in [2.24, 2.45) is 5.92 Å². The summed E-state index contributed by atoms with van der Waals surface area (Å²) in [6.07, 6.45) is 7.12. The highest BCUT2D eigenvalue weighted by Gasteiger charge is 2.47. The number of hydrogen-bond donors (Lipinski definition) is 2. The lowest BCUT2D eigenvalue weighted by Gasteiger charge is -2.40. The molecule has 0 radical (unpaired) electrons. The van der Waals surface area contributed by atoms with Gasteiger partial charge in [0.2, 0.25) is 0 Å². The molecular weight excluding hydrogens is 208 g/mol. The van der Waals surface area contributed by atoms with Gasteiger partial charge >= 0.3 is 5.97 Å². The first-order valence-electron chi connectivity index (χ1n) is 5.47. The molecule has 0 aliphatic heterocycles. The van der Waals surface area contributed by atoms with Crippen molar-refractivity contribution in [3.05, 3.63) is 23.8 Å². The molecule has 0 spiro atoms. The Morgan fingerprint density at radius 3 is 3.00 bits per heavy atom. The Bertz CT molecular complexity index is 358. The summed E-state index contributed by atoms with van der Waals surface area (Å²) in [5.74, 6) is -1.17. The van der Waals surface area contributed by atoms with Crippen molar-refractivity contribution in [3.63, 3.8) is 0 Å². The molecule has 3 atom stereocenters. The van der Waals surface area contributed by atoms with E-state index >= 15 is 0 Å². The van der Waals surface area contributed by atoms with Gasteiger partial charge in [-0.1, -0.05) is 18.2 Å². The molecule has 88 valence electrons. The van der Waals surface area contributed by atoms with Gasteiger partial charge in [-0.05, 0) is 24.8 Å². The lowest BCUT2D eigenvalue weighted by molar-refractivity contribution is -0.157. The number of aliphatic carboxylic acids is 1. The van der Waals surface area contributed by atoms with Gasteiger partial charge in [-0.25, -0.2) is 4.79 Å². The number of methoxy groups -OCH3 is 1. The van der Waals surface area contributed by atoms with Crippen LogP contribution in [0.2, 0.25) is 0 Å². The topological polar surface area (TPSA) is 66.8 Å². The number of rotatable bonds is 2. The zero-order valence-electron chi connectivity index (χ0n) is 9.22. The maximum absolute atomic E-state index is 11.2. The molecule has 4 nitrogen and oxygen atoms in total. The zero-order valence-corrected chi connectivity index (χ0v) is 9.22. The van der Waals surface area contributed by atoms with Crippen LogP contribution in [0.25, 0.3) is 0 Å². The van der Waals surface area contributed by atoms with Crippen molar-refractivity contribution < 1.29 is 19.7 Å². The van der Waals surface area contributed by atoms with Crippen molar-refractivity contribution in [3.8, 4) is 0 Å². The highest BCUT2D eigenvalue weighted by molar-refractivity contribution is 5.82. The fourth-order valence-corrected chi connectivity index (χ4v) is 2.66. The SMILES string of the molecule is COC1C=CC=C2C1CCCC2(O)C(=O)O. The van der Waals surface area contributed by atoms with Gasteiger partial charge in [0.1, 0.15) is 0 Å². The van der Waals surface area contributed by atoms with Crippen molar-refractivity contribution >= 4 is 5.97 Å². The number of carbonyl (C=O) groups is 1. The molecular formula is C12H16O4. The van der Waals surface area contributed by atoms with Gasteiger partial charge < -0.3 is 14.9 Å². The lowest BCUT2D eigenvalue weighted by Crippen LogP contribution is -2.48. The molecule has 0 amide bonds. The zero-order chi connectivity index (χ0) is 11.8. The second-order valence-electron chi connectivity index (χ2n) is 4.37. The van der Waals surface area contributed by atoms with Crippen LogP contribution in [0.5, 0.6) is 0 Å². The van der Waals surface area contributed by atoms with Gasteiger partial charge in [0.05, 0.1) is 6.10 Å². The highest BCUT2D eigenvalue weighted by Crippen LogP contribution is 2.42. The Kier molecular flexibility index (Phi) is 2.86. The second kappa shape index (κ2) is 4.03. The van der Waals surface area contributed by atoms with E-state index in [9.17, 15) is 9.90 Å². The molecule has 2 N–H and O–H groups in total. The molecule has 0 aromatic heterocycles. The van der Waals surface area contributed by atoms with Crippen LogP contribution < -0.4 is 0 Å². The average molecular weight is 224 g/mol. The van der Waals surface area contributed by atoms with Crippen LogP contribution in [0, 0.1) is 5.92 Å². The fraction of sp³-hybridized carbons (Fsp3) is 0.583. The summed E-state index contributed by atoms with van der Waals surface area (Å²) in [5.41, 5.74) is -1.12. The van der Waals surface area contributed by atoms with Gasteiger partial charge in [0.15, 0.2) is 5.60 Å². The lowest BCUT2D eigenvalue weighted by atomic mass is 9.69. The predicted octanol–water partition coefficient (Wildman–Crippen LogP) is 1.11. The van der Waals surface area contributed by atoms with E-state index in [1.807, 2.05) is 6.08 Å². The minimum atomic E-state index is -1.70. The predicted molar refractivity (Wildman–Crippen MR) is 57.9 cm³/mol. The van der Waals surface area contributed by atoms with Gasteiger partial charge in [-0.3, -0.25) is 0 Å². The summed E-state index contributed by atoms with van der Waals surface area (Å²) in [7, 11) is 1.60. The molecule has 1 fully saturated rings. The molecule has 0 aromatic carbocycles. The third kappa shape index (κ3) is 1.58. The minimum Gasteiger partial charge on any atom is -0.479 e. The maximum Gasteiger partial charge on any atom is 0.340 e. The summed E-state index contributed by atoms with van der Waals surface area (Å²) >= 11 is 0. The monoisotopic (exact) mass is 224 g/mol. The number of carboxylic acids is 1. The molecule has 0 aromatic rings. The van der Waals surface area contributed by atoms with E-state index in [1.54, 1.807) is 19.3 Å². The van der Waals surface area contributed by atoms with E-state index in [0.29, 0.717) is 12.0 Å². The Morgan fingerprint density at radius 2 is 2.38 bits per heavy atom. The van der Waals surface area contributed by atoms with Gasteiger partial charge in [-0.15, -0.1) is 0 Å². The van der Waals surface area contributed by atoms with Crippen LogP contribution in [0.4, 0.5) is 0 Å². The van der Waals surface area contributed by atoms with Crippen LogP contribution >= 0.6 is 0 Å². The summed E-state index contributed by atoms with van der Waals surface area (Å²) in [6, 6.07) is 0. The number of fused-ring (bicyclic) bond motifs is 1. The average Bonchev–Trinajstić information content (AvgIpc) is 2.28. The molecule has 2 aliphatic rings. The third-order valence-corrected chi connectivity index (χ3v) is 3.53. The Morgan fingerprint density at radius 1 is 1.62 bits per heavy atom. The molecule has 2 rings (SSSR count). The second-order valence-corrected chi connectivity index (χ2v) is 4.37. The van der Waals surface area contributed by atoms with Crippen LogP contribution in [0.3, 0.4) is 0 Å². The van der Waals surface area contributed by atoms with E-state index in [4.69, 9.17) is 9.84 Å².